The molecule has 0 saturated carbocycles. The molecule has 1 aliphatic rings. The predicted molar refractivity (Wildman–Crippen MR) is 67.1 cm³/mol. The van der Waals surface area contributed by atoms with Crippen LogP contribution in [0.5, 0.6) is 0 Å². The summed E-state index contributed by atoms with van der Waals surface area (Å²) in [6.45, 7) is 0.735. The Bertz CT molecular complexity index is 437. The molecule has 0 bridgehead atoms. The monoisotopic (exact) mass is 248 g/mol. The van der Waals surface area contributed by atoms with Crippen molar-refractivity contribution >= 4 is 12.2 Å². The number of aliphatic hydroxyl groups is 1. The summed E-state index contributed by atoms with van der Waals surface area (Å²) in [6, 6.07) is 3.71. The fourth-order valence-electron chi connectivity index (χ4n) is 1.98. The largest absolute Gasteiger partial charge is 0.465 e. The molecular weight excluding hydrogens is 232 g/mol. The molecule has 2 heterocycles. The highest BCUT2D eigenvalue weighted by molar-refractivity contribution is 5.65. The molecule has 1 aromatic rings. The molecule has 1 amide bonds. The Balaban J connectivity index is 1.98. The van der Waals surface area contributed by atoms with Gasteiger partial charge in [-0.2, -0.15) is 0 Å². The maximum absolute atomic E-state index is 10.8. The standard InChI is InChI=1S/C13H16N2O3/c16-12(17)15-9-5-13(18,6-10-15)4-1-11-2-7-14-8-3-11/h1-4,7-8,18H,5-6,9-10H2,(H,16,17)/b4-1+. The number of amides is 1. The zero-order valence-corrected chi connectivity index (χ0v) is 9.99. The van der Waals surface area contributed by atoms with Crippen molar-refractivity contribution in [3.63, 3.8) is 0 Å². The van der Waals surface area contributed by atoms with Gasteiger partial charge in [0.25, 0.3) is 0 Å². The number of hydrogen-bond acceptors (Lipinski definition) is 3. The quantitative estimate of drug-likeness (QED) is 0.833. The molecule has 5 nitrogen and oxygen atoms in total. The van der Waals surface area contributed by atoms with Crippen LogP contribution in [-0.4, -0.2) is 44.9 Å². The maximum Gasteiger partial charge on any atom is 0.407 e. The van der Waals surface area contributed by atoms with Crippen molar-refractivity contribution in [2.75, 3.05) is 13.1 Å². The molecule has 0 atom stereocenters. The van der Waals surface area contributed by atoms with Gasteiger partial charge < -0.3 is 15.1 Å². The topological polar surface area (TPSA) is 73.7 Å². The highest BCUT2D eigenvalue weighted by atomic mass is 16.4. The summed E-state index contributed by atoms with van der Waals surface area (Å²) in [4.78, 5) is 16.0. The first-order chi connectivity index (χ1) is 8.59. The number of carboxylic acid groups (broad SMARTS) is 1. The Hall–Kier alpha value is -1.88. The van der Waals surface area contributed by atoms with Crippen LogP contribution < -0.4 is 0 Å². The number of carbonyl (C=O) groups is 1. The second-order valence-corrected chi connectivity index (χ2v) is 4.49. The highest BCUT2D eigenvalue weighted by Crippen LogP contribution is 2.24. The molecule has 1 aliphatic heterocycles. The van der Waals surface area contributed by atoms with Crippen LogP contribution in [0.25, 0.3) is 6.08 Å². The van der Waals surface area contributed by atoms with Gasteiger partial charge in [0.1, 0.15) is 0 Å². The van der Waals surface area contributed by atoms with E-state index in [9.17, 15) is 9.90 Å². The van der Waals surface area contributed by atoms with E-state index in [1.165, 1.54) is 4.90 Å². The van der Waals surface area contributed by atoms with Gasteiger partial charge in [-0.1, -0.05) is 12.2 Å². The van der Waals surface area contributed by atoms with Crippen molar-refractivity contribution < 1.29 is 15.0 Å². The first-order valence-corrected chi connectivity index (χ1v) is 5.89. The molecule has 2 rings (SSSR count). The van der Waals surface area contributed by atoms with Crippen molar-refractivity contribution in [1.82, 2.24) is 9.88 Å². The second kappa shape index (κ2) is 5.18. The minimum absolute atomic E-state index is 0.368. The van der Waals surface area contributed by atoms with E-state index in [0.29, 0.717) is 25.9 Å². The average molecular weight is 248 g/mol. The fourth-order valence-corrected chi connectivity index (χ4v) is 1.98. The van der Waals surface area contributed by atoms with E-state index in [-0.39, 0.29) is 0 Å². The molecule has 1 fully saturated rings. The van der Waals surface area contributed by atoms with Crippen LogP contribution in [0.1, 0.15) is 18.4 Å². The second-order valence-electron chi connectivity index (χ2n) is 4.49. The Morgan fingerprint density at radius 2 is 1.94 bits per heavy atom. The molecule has 96 valence electrons. The normalized spacial score (nSPS) is 19.1. The van der Waals surface area contributed by atoms with Crippen molar-refractivity contribution in [2.45, 2.75) is 18.4 Å². The third-order valence-electron chi connectivity index (χ3n) is 3.19. The zero-order chi connectivity index (χ0) is 13.0. The van der Waals surface area contributed by atoms with Crippen LogP contribution in [-0.2, 0) is 0 Å². The van der Waals surface area contributed by atoms with Gasteiger partial charge in [0, 0.05) is 25.5 Å². The van der Waals surface area contributed by atoms with Crippen LogP contribution >= 0.6 is 0 Å². The average Bonchev–Trinajstić information content (AvgIpc) is 2.38. The number of likely N-dealkylation sites (tertiary alicyclic amines) is 1. The first kappa shape index (κ1) is 12.6. The van der Waals surface area contributed by atoms with E-state index in [1.807, 2.05) is 18.2 Å². The number of piperidine rings is 1. The fraction of sp³-hybridized carbons (Fsp3) is 0.385. The summed E-state index contributed by atoms with van der Waals surface area (Å²) in [5.41, 5.74) is 0.0639. The molecule has 1 saturated heterocycles. The minimum atomic E-state index is -0.921. The van der Waals surface area contributed by atoms with Gasteiger partial charge in [0.15, 0.2) is 0 Å². The molecular formula is C13H16N2O3. The Morgan fingerprint density at radius 3 is 2.50 bits per heavy atom. The number of nitrogens with zero attached hydrogens (tertiary/aromatic N) is 2. The number of rotatable bonds is 2. The predicted octanol–water partition coefficient (Wildman–Crippen LogP) is 1.60. The van der Waals surface area contributed by atoms with Gasteiger partial charge in [-0.05, 0) is 30.5 Å². The van der Waals surface area contributed by atoms with Crippen LogP contribution in [0.2, 0.25) is 0 Å². The summed E-state index contributed by atoms with van der Waals surface area (Å²) >= 11 is 0. The SMILES string of the molecule is O=C(O)N1CCC(O)(/C=C/c2ccncc2)CC1. The molecule has 0 aliphatic carbocycles. The van der Waals surface area contributed by atoms with Gasteiger partial charge in [-0.15, -0.1) is 0 Å². The van der Waals surface area contributed by atoms with Gasteiger partial charge in [-0.25, -0.2) is 4.79 Å². The molecule has 0 unspecified atom stereocenters. The zero-order valence-electron chi connectivity index (χ0n) is 9.99. The highest BCUT2D eigenvalue weighted by Gasteiger charge is 2.31. The first-order valence-electron chi connectivity index (χ1n) is 5.89. The smallest absolute Gasteiger partial charge is 0.407 e. The third kappa shape index (κ3) is 3.07. The van der Waals surface area contributed by atoms with E-state index in [4.69, 9.17) is 5.11 Å². The lowest BCUT2D eigenvalue weighted by Crippen LogP contribution is -2.45. The minimum Gasteiger partial charge on any atom is -0.465 e. The number of aromatic nitrogens is 1. The summed E-state index contributed by atoms with van der Waals surface area (Å²) in [7, 11) is 0. The molecule has 0 spiro atoms. The van der Waals surface area contributed by atoms with Crippen molar-refractivity contribution in [3.05, 3.63) is 36.2 Å². The van der Waals surface area contributed by atoms with Crippen LogP contribution in [0.4, 0.5) is 4.79 Å². The Morgan fingerprint density at radius 1 is 1.33 bits per heavy atom. The molecule has 1 aromatic heterocycles. The third-order valence-corrected chi connectivity index (χ3v) is 3.19. The lowest BCUT2D eigenvalue weighted by atomic mass is 9.90. The van der Waals surface area contributed by atoms with E-state index >= 15 is 0 Å². The summed E-state index contributed by atoms with van der Waals surface area (Å²) in [6.07, 6.45) is 6.92. The van der Waals surface area contributed by atoms with Gasteiger partial charge in [0.2, 0.25) is 0 Å². The van der Waals surface area contributed by atoms with E-state index in [0.717, 1.165) is 5.56 Å². The van der Waals surface area contributed by atoms with Crippen LogP contribution in [0.15, 0.2) is 30.6 Å². The summed E-state index contributed by atoms with van der Waals surface area (Å²) in [5.74, 6) is 0. The summed E-state index contributed by atoms with van der Waals surface area (Å²) in [5, 5.41) is 19.1. The number of hydrogen-bond donors (Lipinski definition) is 2. The van der Waals surface area contributed by atoms with Crippen molar-refractivity contribution in [3.8, 4) is 0 Å². The molecule has 0 aromatic carbocycles. The van der Waals surface area contributed by atoms with Crippen LogP contribution in [0, 0.1) is 0 Å². The van der Waals surface area contributed by atoms with E-state index in [1.54, 1.807) is 18.5 Å². The van der Waals surface area contributed by atoms with Crippen molar-refractivity contribution in [1.29, 1.82) is 0 Å². The van der Waals surface area contributed by atoms with Gasteiger partial charge in [0.05, 0.1) is 5.60 Å². The Kier molecular flexibility index (Phi) is 3.62. The van der Waals surface area contributed by atoms with E-state index in [2.05, 4.69) is 4.98 Å². The Labute approximate surface area is 105 Å². The summed E-state index contributed by atoms with van der Waals surface area (Å²) < 4.78 is 0. The van der Waals surface area contributed by atoms with Crippen molar-refractivity contribution in [2.24, 2.45) is 0 Å². The lowest BCUT2D eigenvalue weighted by molar-refractivity contribution is 0.0227. The molecule has 5 heteroatoms. The molecule has 0 radical (unpaired) electrons. The van der Waals surface area contributed by atoms with Crippen LogP contribution in [0.3, 0.4) is 0 Å². The van der Waals surface area contributed by atoms with E-state index < -0.39 is 11.7 Å². The lowest BCUT2D eigenvalue weighted by Gasteiger charge is -2.34. The molecule has 2 N–H and O–H groups in total. The number of pyridine rings is 1. The van der Waals surface area contributed by atoms with Gasteiger partial charge >= 0.3 is 6.09 Å². The van der Waals surface area contributed by atoms with Gasteiger partial charge in [-0.3, -0.25) is 4.98 Å². The molecule has 18 heavy (non-hydrogen) atoms. The maximum atomic E-state index is 10.8.